The number of aliphatic hydroxyl groups excluding tert-OH is 1. The zero-order chi connectivity index (χ0) is 62.3. The number of carbonyl (C=O) groups is 1. The van der Waals surface area contributed by atoms with Crippen LogP contribution >= 0.6 is 23.5 Å². The van der Waals surface area contributed by atoms with Gasteiger partial charge in [0.1, 0.15) is 23.0 Å². The number of methoxy groups -OCH3 is 2. The van der Waals surface area contributed by atoms with Crippen molar-refractivity contribution < 1.29 is 107 Å². The van der Waals surface area contributed by atoms with E-state index in [4.69, 9.17) is 29.2 Å². The second-order valence-electron chi connectivity index (χ2n) is 21.6. The van der Waals surface area contributed by atoms with Gasteiger partial charge in [-0.05, 0) is 96.5 Å². The molecule has 22 heteroatoms. The van der Waals surface area contributed by atoms with Crippen LogP contribution in [0.25, 0.3) is 0 Å². The number of pyridine rings is 2. The van der Waals surface area contributed by atoms with Crippen molar-refractivity contribution in [2.24, 2.45) is 0 Å². The Morgan fingerprint density at radius 2 is 0.965 bits per heavy atom. The Balaban J connectivity index is 0.000000470. The summed E-state index contributed by atoms with van der Waals surface area (Å²) in [6.45, 7) is 7.38. The van der Waals surface area contributed by atoms with Crippen LogP contribution in [0.1, 0.15) is 183 Å². The number of hydrogen-bond acceptors (Lipinski definition) is 11. The third-order valence-electron chi connectivity index (χ3n) is 15.4. The van der Waals surface area contributed by atoms with E-state index < -0.39 is 37.0 Å². The molecule has 0 amide bonds. The largest absolute Gasteiger partial charge is 1.00 e. The molecule has 0 saturated heterocycles. The minimum atomic E-state index is -5.49. The molecule has 4 atom stereocenters. The van der Waals surface area contributed by atoms with Crippen LogP contribution in [0.3, 0.4) is 0 Å². The van der Waals surface area contributed by atoms with E-state index in [0.29, 0.717) is 37.4 Å². The Kier molecular flexibility index (Phi) is 36.1. The molecule has 0 saturated carbocycles. The number of unbranched alkanes of at least 4 members (excludes halogenated alkanes) is 12. The van der Waals surface area contributed by atoms with Crippen LogP contribution in [0.15, 0.2) is 85.5 Å². The van der Waals surface area contributed by atoms with Crippen LogP contribution in [0.4, 0.5) is 43.9 Å². The van der Waals surface area contributed by atoms with Gasteiger partial charge in [0.05, 0.1) is 27.4 Å². The van der Waals surface area contributed by atoms with E-state index in [1.54, 1.807) is 20.4 Å². The Morgan fingerprint density at radius 1 is 0.588 bits per heavy atom. The maximum atomic E-state index is 12.9. The van der Waals surface area contributed by atoms with Gasteiger partial charge < -0.3 is 29.2 Å². The van der Waals surface area contributed by atoms with Crippen molar-refractivity contribution in [3.8, 4) is 23.0 Å². The number of benzene rings is 2. The van der Waals surface area contributed by atoms with E-state index in [-0.39, 0.29) is 64.1 Å². The normalized spacial score (nSPS) is 18.2. The fourth-order valence-corrected chi connectivity index (χ4v) is 12.0. The number of alkyl halides is 10. The maximum absolute atomic E-state index is 12.9. The summed E-state index contributed by atoms with van der Waals surface area (Å²) >= 11 is 2.21. The first kappa shape index (κ1) is 77.6. The van der Waals surface area contributed by atoms with Crippen LogP contribution in [-0.2, 0) is 15.6 Å². The minimum absolute atomic E-state index is 0. The summed E-state index contributed by atoms with van der Waals surface area (Å²) in [4.78, 5) is 19.1. The molecule has 2 aromatic heterocycles. The number of rotatable bonds is 31. The van der Waals surface area contributed by atoms with Gasteiger partial charge in [0.25, 0.3) is 0 Å². The third kappa shape index (κ3) is 25.5. The summed E-state index contributed by atoms with van der Waals surface area (Å²) in [6.07, 6.45) is 12.0. The van der Waals surface area contributed by atoms with Crippen molar-refractivity contribution in [2.75, 3.05) is 58.4 Å². The van der Waals surface area contributed by atoms with E-state index in [9.17, 15) is 48.7 Å². The monoisotopic (exact) mass is 1260 g/mol. The van der Waals surface area contributed by atoms with Crippen LogP contribution in [0.5, 0.6) is 23.0 Å². The zero-order valence-corrected chi connectivity index (χ0v) is 54.1. The van der Waals surface area contributed by atoms with Crippen LogP contribution in [-0.4, -0.2) is 103 Å². The number of thioether (sulfide) groups is 2. The van der Waals surface area contributed by atoms with E-state index >= 15 is 0 Å². The number of ether oxygens (including phenoxy) is 4. The third-order valence-corrected chi connectivity index (χ3v) is 17.5. The number of fused-ring (bicyclic) bond motifs is 2. The number of nitrogens with zero attached hydrogens (tertiary/aromatic N) is 2. The van der Waals surface area contributed by atoms with E-state index in [1.807, 2.05) is 55.0 Å². The number of carbonyl (C=O) groups excluding carboxylic acids is 1. The molecule has 0 unspecified atom stereocenters. The van der Waals surface area contributed by atoms with Crippen LogP contribution in [0, 0.1) is 0 Å². The van der Waals surface area contributed by atoms with Crippen molar-refractivity contribution in [3.05, 3.63) is 108 Å². The van der Waals surface area contributed by atoms with Crippen molar-refractivity contribution in [1.82, 2.24) is 9.97 Å². The fraction of sp³-hybridized carbons (Fsp3) is 0.635. The molecule has 4 heterocycles. The van der Waals surface area contributed by atoms with Crippen LogP contribution < -0.4 is 53.6 Å². The molecule has 474 valence electrons. The summed E-state index contributed by atoms with van der Waals surface area (Å²) in [5, 5.41) is 16.8. The number of aromatic nitrogens is 2. The Hall–Kier alpha value is -3.47. The molecule has 2 aliphatic heterocycles. The summed E-state index contributed by atoms with van der Waals surface area (Å²) in [7, 11) is 4.11. The van der Waals surface area contributed by atoms with Crippen LogP contribution in [0.2, 0.25) is 0 Å². The Labute approximate surface area is 528 Å². The molecular formula is C63H87F10N2NaO7S2. The molecule has 2 aliphatic rings. The van der Waals surface area contributed by atoms with Gasteiger partial charge in [-0.1, -0.05) is 127 Å². The number of hydrogen-bond donors (Lipinski definition) is 1. The summed E-state index contributed by atoms with van der Waals surface area (Å²) in [6, 6.07) is 20.7. The molecule has 6 rings (SSSR count). The van der Waals surface area contributed by atoms with Gasteiger partial charge in [0, 0.05) is 91.7 Å². The summed E-state index contributed by atoms with van der Waals surface area (Å²) in [5.41, 5.74) is 4.67. The average molecular weight is 1260 g/mol. The molecular weight excluding hydrogens is 1170 g/mol. The predicted molar refractivity (Wildman–Crippen MR) is 313 cm³/mol. The van der Waals surface area contributed by atoms with E-state index in [2.05, 4.69) is 48.1 Å². The second-order valence-corrected chi connectivity index (χ2v) is 24.1. The van der Waals surface area contributed by atoms with Gasteiger partial charge in [-0.2, -0.15) is 62.8 Å². The SMILES string of the molecule is CC(=O)SCCCC(F)(F)C(F)(F)F.COc1ccc2c(c1)OC[C@](C)(c1cccnc1)[C@@H]2CCCCCCCCCO.COc1ccc2c(c1)OC[C@](C)(c1cccnc1)[C@@H]2CCCCCCCCCSCCCC(F)(F)C(F)(F)F.C[O-].[Na+]. The van der Waals surface area contributed by atoms with Gasteiger partial charge in [-0.3, -0.25) is 14.8 Å². The average Bonchev–Trinajstić information content (AvgIpc) is 1.37. The zero-order valence-electron chi connectivity index (χ0n) is 50.5. The van der Waals surface area contributed by atoms with E-state index in [1.165, 1.54) is 73.0 Å². The van der Waals surface area contributed by atoms with Gasteiger partial charge in [0.2, 0.25) is 0 Å². The topological polar surface area (TPSA) is 123 Å². The Morgan fingerprint density at radius 3 is 1.33 bits per heavy atom. The summed E-state index contributed by atoms with van der Waals surface area (Å²) in [5.74, 6) is -3.90. The van der Waals surface area contributed by atoms with Gasteiger partial charge in [0.15, 0.2) is 5.12 Å². The molecule has 9 nitrogen and oxygen atoms in total. The van der Waals surface area contributed by atoms with Gasteiger partial charge in [-0.15, -0.1) is 0 Å². The summed E-state index contributed by atoms with van der Waals surface area (Å²) < 4.78 is 145. The van der Waals surface area contributed by atoms with Crippen molar-refractivity contribution in [1.29, 1.82) is 0 Å². The molecule has 0 aliphatic carbocycles. The van der Waals surface area contributed by atoms with Crippen molar-refractivity contribution in [2.45, 2.75) is 196 Å². The standard InChI is InChI=1S/C30H40F5NO2S.C25H35NO3.C7H9F5OS.CH3O.Na/c1-28(23-12-10-17-36-21-23)22-38-27-20-24(37-2)14-15-25(27)26(28)13-8-6-4-3-5-7-9-18-39-19-11-16-29(31,32)30(33,34)35;1-25(20-11-10-15-26-18-20)19-29-24-17-21(28-2)13-14-22(24)23(25)12-8-6-4-3-5-7-9-16-27;1-5(13)14-4-2-3-6(8,9)7(10,11)12;1-2;/h10,12,14-15,17,20-21,26H,3-9,11,13,16,18-19,22H2,1-2H3;10-11,13-15,17-18,23,27H,3-9,12,16,19H2,1-2H3;2-4H2,1H3;1H3;/q;;;-1;+1/t26-,28-;23-,25-;;;/m11.../s1. The van der Waals surface area contributed by atoms with Gasteiger partial charge >= 0.3 is 53.8 Å². The number of aliphatic hydroxyl groups is 1. The van der Waals surface area contributed by atoms with E-state index in [0.717, 1.165) is 118 Å². The molecule has 85 heavy (non-hydrogen) atoms. The number of halogens is 10. The quantitative estimate of drug-likeness (QED) is 0.0294. The minimum Gasteiger partial charge on any atom is -0.857 e. The smallest absolute Gasteiger partial charge is 0.857 e. The first-order valence-electron chi connectivity index (χ1n) is 29.0. The molecule has 1 N–H and O–H groups in total. The predicted octanol–water partition coefficient (Wildman–Crippen LogP) is 14.2. The van der Waals surface area contributed by atoms with Crippen molar-refractivity contribution in [3.63, 3.8) is 0 Å². The first-order chi connectivity index (χ1) is 39.9. The van der Waals surface area contributed by atoms with Crippen molar-refractivity contribution >= 4 is 28.6 Å². The first-order valence-corrected chi connectivity index (χ1v) is 31.1. The Bertz CT molecular complexity index is 2450. The molecule has 0 spiro atoms. The second kappa shape index (κ2) is 39.5. The molecule has 0 fully saturated rings. The molecule has 4 aromatic rings. The van der Waals surface area contributed by atoms with Gasteiger partial charge in [-0.25, -0.2) is 0 Å². The maximum Gasteiger partial charge on any atom is 1.00 e. The molecule has 0 radical (unpaired) electrons. The molecule has 0 bridgehead atoms. The molecule has 2 aromatic carbocycles. The fourth-order valence-electron chi connectivity index (χ4n) is 10.4.